The van der Waals surface area contributed by atoms with Gasteiger partial charge >= 0.3 is 0 Å². The van der Waals surface area contributed by atoms with Crippen molar-refractivity contribution in [2.45, 2.75) is 25.0 Å². The molecule has 0 spiro atoms. The molecular formula is C13H18N6S2. The Morgan fingerprint density at radius 3 is 2.81 bits per heavy atom. The van der Waals surface area contributed by atoms with E-state index in [1.54, 1.807) is 11.8 Å². The average Bonchev–Trinajstić information content (AvgIpc) is 2.93. The van der Waals surface area contributed by atoms with Gasteiger partial charge in [0.05, 0.1) is 6.04 Å². The van der Waals surface area contributed by atoms with Crippen LogP contribution in [0.4, 0.5) is 5.69 Å². The number of nitrogens with one attached hydrogen (secondary N) is 2. The Bertz CT molecular complexity index is 569. The van der Waals surface area contributed by atoms with Gasteiger partial charge in [-0.05, 0) is 48.6 Å². The fourth-order valence-electron chi connectivity index (χ4n) is 1.61. The first-order valence-corrected chi connectivity index (χ1v) is 8.07. The lowest BCUT2D eigenvalue weighted by Gasteiger charge is -2.10. The molecule has 8 heteroatoms. The molecule has 0 saturated carbocycles. The van der Waals surface area contributed by atoms with Crippen molar-refractivity contribution in [1.29, 1.82) is 0 Å². The highest BCUT2D eigenvalue weighted by molar-refractivity contribution is 7.99. The van der Waals surface area contributed by atoms with Crippen LogP contribution in [-0.2, 0) is 0 Å². The van der Waals surface area contributed by atoms with E-state index in [0.717, 1.165) is 23.1 Å². The van der Waals surface area contributed by atoms with Crippen LogP contribution in [0.5, 0.6) is 0 Å². The molecule has 21 heavy (non-hydrogen) atoms. The molecule has 2 N–H and O–H groups in total. The molecule has 6 nitrogen and oxygen atoms in total. The zero-order valence-corrected chi connectivity index (χ0v) is 13.6. The van der Waals surface area contributed by atoms with Gasteiger partial charge in [0, 0.05) is 18.0 Å². The zero-order valence-electron chi connectivity index (χ0n) is 12.0. The van der Waals surface area contributed by atoms with Crippen molar-refractivity contribution in [3.05, 3.63) is 30.3 Å². The van der Waals surface area contributed by atoms with Crippen molar-refractivity contribution in [3.8, 4) is 0 Å². The number of thioether (sulfide) groups is 1. The second kappa shape index (κ2) is 7.94. The number of anilines is 1. The normalized spacial score (nSPS) is 10.6. The molecule has 0 aliphatic heterocycles. The van der Waals surface area contributed by atoms with Crippen LogP contribution in [0.2, 0.25) is 0 Å². The summed E-state index contributed by atoms with van der Waals surface area (Å²) in [6.07, 6.45) is 0. The lowest BCUT2D eigenvalue weighted by Crippen LogP contribution is -2.30. The zero-order chi connectivity index (χ0) is 15.1. The van der Waals surface area contributed by atoms with Gasteiger partial charge in [-0.15, -0.1) is 5.10 Å². The quantitative estimate of drug-likeness (QED) is 0.480. The number of rotatable bonds is 6. The summed E-state index contributed by atoms with van der Waals surface area (Å²) >= 11 is 6.85. The molecule has 0 radical (unpaired) electrons. The minimum atomic E-state index is 0.260. The number of thiocarbonyl (C=S) groups is 1. The van der Waals surface area contributed by atoms with Gasteiger partial charge in [-0.3, -0.25) is 0 Å². The fraction of sp³-hybridized carbons (Fsp3) is 0.385. The van der Waals surface area contributed by atoms with Gasteiger partial charge in [-0.1, -0.05) is 30.0 Å². The van der Waals surface area contributed by atoms with Crippen LogP contribution in [0.25, 0.3) is 0 Å². The predicted octanol–water partition coefficient (Wildman–Crippen LogP) is 2.33. The van der Waals surface area contributed by atoms with Gasteiger partial charge in [0.2, 0.25) is 5.16 Å². The molecule has 0 aliphatic carbocycles. The molecule has 112 valence electrons. The maximum atomic E-state index is 5.24. The number of tetrazole rings is 1. The first-order chi connectivity index (χ1) is 10.2. The molecule has 1 heterocycles. The Hall–Kier alpha value is -1.67. The largest absolute Gasteiger partial charge is 0.362 e. The summed E-state index contributed by atoms with van der Waals surface area (Å²) in [5.74, 6) is 0.837. The number of nitrogens with zero attached hydrogens (tertiary/aromatic N) is 4. The highest BCUT2D eigenvalue weighted by Crippen LogP contribution is 2.16. The predicted molar refractivity (Wildman–Crippen MR) is 89.6 cm³/mol. The molecule has 2 rings (SSSR count). The van der Waals surface area contributed by atoms with Gasteiger partial charge < -0.3 is 10.6 Å². The third-order valence-electron chi connectivity index (χ3n) is 2.60. The topological polar surface area (TPSA) is 67.7 Å². The van der Waals surface area contributed by atoms with Crippen LogP contribution >= 0.6 is 24.0 Å². The van der Waals surface area contributed by atoms with E-state index in [1.807, 2.05) is 35.0 Å². The van der Waals surface area contributed by atoms with Crippen molar-refractivity contribution in [2.75, 3.05) is 17.6 Å². The van der Waals surface area contributed by atoms with Crippen LogP contribution in [0, 0.1) is 0 Å². The number of hydrogen-bond donors (Lipinski definition) is 2. The minimum absolute atomic E-state index is 0.260. The van der Waals surface area contributed by atoms with Crippen LogP contribution < -0.4 is 10.6 Å². The Morgan fingerprint density at radius 1 is 1.33 bits per heavy atom. The maximum absolute atomic E-state index is 5.24. The second-order valence-corrected chi connectivity index (χ2v) is 6.07. The summed E-state index contributed by atoms with van der Waals surface area (Å²) in [6.45, 7) is 4.85. The molecule has 1 aromatic carbocycles. The highest BCUT2D eigenvalue weighted by atomic mass is 32.2. The number of benzene rings is 1. The van der Waals surface area contributed by atoms with E-state index in [1.165, 1.54) is 0 Å². The molecule has 0 amide bonds. The van der Waals surface area contributed by atoms with Crippen LogP contribution in [0.3, 0.4) is 0 Å². The van der Waals surface area contributed by atoms with E-state index in [0.29, 0.717) is 5.11 Å². The molecule has 0 fully saturated rings. The monoisotopic (exact) mass is 322 g/mol. The number of aromatic nitrogens is 4. The molecule has 0 bridgehead atoms. The van der Waals surface area contributed by atoms with E-state index in [9.17, 15) is 0 Å². The van der Waals surface area contributed by atoms with Crippen LogP contribution in [-0.4, -0.2) is 37.6 Å². The van der Waals surface area contributed by atoms with Crippen molar-refractivity contribution in [3.63, 3.8) is 0 Å². The first kappa shape index (κ1) is 15.7. The van der Waals surface area contributed by atoms with Gasteiger partial charge in [0.1, 0.15) is 0 Å². The Labute approximate surface area is 133 Å². The first-order valence-electron chi connectivity index (χ1n) is 6.67. The molecule has 0 aliphatic rings. The molecular weight excluding hydrogens is 304 g/mol. The SMILES string of the molecule is CC(C)n1nnnc1SCCNC(=S)Nc1ccccc1. The average molecular weight is 322 g/mol. The van der Waals surface area contributed by atoms with E-state index in [-0.39, 0.29) is 6.04 Å². The van der Waals surface area contributed by atoms with Gasteiger partial charge in [-0.25, -0.2) is 4.68 Å². The summed E-state index contributed by atoms with van der Waals surface area (Å²) in [5.41, 5.74) is 0.978. The molecule has 0 unspecified atom stereocenters. The standard InChI is InChI=1S/C13H18N6S2/c1-10(2)19-13(16-17-18-19)21-9-8-14-12(20)15-11-6-4-3-5-7-11/h3-7,10H,8-9H2,1-2H3,(H2,14,15,20). The maximum Gasteiger partial charge on any atom is 0.209 e. The summed E-state index contributed by atoms with van der Waals surface area (Å²) in [6, 6.07) is 10.1. The van der Waals surface area contributed by atoms with Crippen molar-refractivity contribution >= 4 is 34.8 Å². The van der Waals surface area contributed by atoms with E-state index < -0.39 is 0 Å². The fourth-order valence-corrected chi connectivity index (χ4v) is 2.69. The lowest BCUT2D eigenvalue weighted by atomic mass is 10.3. The minimum Gasteiger partial charge on any atom is -0.362 e. The molecule has 1 aromatic heterocycles. The Kier molecular flexibility index (Phi) is 5.94. The van der Waals surface area contributed by atoms with Crippen molar-refractivity contribution in [2.24, 2.45) is 0 Å². The van der Waals surface area contributed by atoms with E-state index in [4.69, 9.17) is 12.2 Å². The van der Waals surface area contributed by atoms with Gasteiger partial charge in [-0.2, -0.15) is 0 Å². The molecule has 0 saturated heterocycles. The van der Waals surface area contributed by atoms with Crippen molar-refractivity contribution < 1.29 is 0 Å². The Balaban J connectivity index is 1.70. The van der Waals surface area contributed by atoms with Gasteiger partial charge in [0.15, 0.2) is 5.11 Å². The van der Waals surface area contributed by atoms with Gasteiger partial charge in [0.25, 0.3) is 0 Å². The van der Waals surface area contributed by atoms with Crippen LogP contribution in [0.15, 0.2) is 35.5 Å². The second-order valence-electron chi connectivity index (χ2n) is 4.60. The van der Waals surface area contributed by atoms with E-state index in [2.05, 4.69) is 40.0 Å². The highest BCUT2D eigenvalue weighted by Gasteiger charge is 2.09. The van der Waals surface area contributed by atoms with E-state index >= 15 is 0 Å². The third-order valence-corrected chi connectivity index (χ3v) is 3.78. The molecule has 0 atom stereocenters. The summed E-state index contributed by atoms with van der Waals surface area (Å²) in [5, 5.41) is 19.4. The lowest BCUT2D eigenvalue weighted by molar-refractivity contribution is 0.477. The van der Waals surface area contributed by atoms with Crippen molar-refractivity contribution in [1.82, 2.24) is 25.5 Å². The Morgan fingerprint density at radius 2 is 2.10 bits per heavy atom. The summed E-state index contributed by atoms with van der Waals surface area (Å²) in [7, 11) is 0. The summed E-state index contributed by atoms with van der Waals surface area (Å²) < 4.78 is 1.81. The summed E-state index contributed by atoms with van der Waals surface area (Å²) in [4.78, 5) is 0. The smallest absolute Gasteiger partial charge is 0.209 e. The number of para-hydroxylation sites is 1. The third kappa shape index (κ3) is 4.98. The number of hydrogen-bond acceptors (Lipinski definition) is 5. The van der Waals surface area contributed by atoms with Crippen LogP contribution in [0.1, 0.15) is 19.9 Å². The molecule has 2 aromatic rings.